The average Bonchev–Trinajstić information content (AvgIpc) is 3.16. The smallest absolute Gasteiger partial charge is 0.224 e. The van der Waals surface area contributed by atoms with Crippen LogP contribution in [0.4, 0.5) is 5.69 Å². The number of carbonyl (C=O) groups is 1. The third-order valence-electron chi connectivity index (χ3n) is 3.84. The molecule has 6 nitrogen and oxygen atoms in total. The number of aryl methyl sites for hydroxylation is 1. The first kappa shape index (κ1) is 19.2. The van der Waals surface area contributed by atoms with Gasteiger partial charge in [-0.05, 0) is 55.3 Å². The Morgan fingerprint density at radius 2 is 2.07 bits per heavy atom. The van der Waals surface area contributed by atoms with Crippen LogP contribution in [0.25, 0.3) is 5.69 Å². The van der Waals surface area contributed by atoms with Crippen LogP contribution < -0.4 is 10.1 Å². The monoisotopic (exact) mass is 404 g/mol. The molecule has 1 N–H and O–H groups in total. The predicted molar refractivity (Wildman–Crippen MR) is 106 cm³/mol. The zero-order chi connectivity index (χ0) is 19.2. The minimum Gasteiger partial charge on any atom is -0.494 e. The fourth-order valence-corrected chi connectivity index (χ4v) is 2.77. The van der Waals surface area contributed by atoms with Gasteiger partial charge in [-0.15, -0.1) is 0 Å². The first-order valence-electron chi connectivity index (χ1n) is 8.36. The van der Waals surface area contributed by atoms with Crippen LogP contribution in [0.1, 0.15) is 18.4 Å². The molecule has 0 saturated carbocycles. The number of hydrogen-bond acceptors (Lipinski definition) is 4. The van der Waals surface area contributed by atoms with E-state index < -0.39 is 0 Å². The normalized spacial score (nSPS) is 10.6. The molecule has 0 fully saturated rings. The summed E-state index contributed by atoms with van der Waals surface area (Å²) in [5, 5.41) is 8.18. The van der Waals surface area contributed by atoms with Crippen LogP contribution in [0, 0.1) is 6.92 Å². The number of benzene rings is 2. The molecule has 3 aromatic rings. The lowest BCUT2D eigenvalue weighted by molar-refractivity contribution is -0.116. The first-order chi connectivity index (χ1) is 13.0. The number of carbonyl (C=O) groups excluding carboxylic acids is 1. The highest BCUT2D eigenvalue weighted by Gasteiger charge is 2.10. The molecule has 2 aromatic carbocycles. The van der Waals surface area contributed by atoms with Crippen molar-refractivity contribution in [2.24, 2.45) is 0 Å². The number of rotatable bonds is 7. The van der Waals surface area contributed by atoms with Crippen LogP contribution in [-0.2, 0) is 4.79 Å². The summed E-state index contributed by atoms with van der Waals surface area (Å²) in [5.41, 5.74) is 2.22. The maximum absolute atomic E-state index is 12.3. The van der Waals surface area contributed by atoms with E-state index in [4.69, 9.17) is 27.9 Å². The lowest BCUT2D eigenvalue weighted by Crippen LogP contribution is -2.14. The molecule has 0 saturated heterocycles. The maximum atomic E-state index is 12.3. The van der Waals surface area contributed by atoms with Crippen LogP contribution >= 0.6 is 23.2 Å². The van der Waals surface area contributed by atoms with Gasteiger partial charge in [0.2, 0.25) is 5.91 Å². The van der Waals surface area contributed by atoms with Gasteiger partial charge in [0.25, 0.3) is 0 Å². The lowest BCUT2D eigenvalue weighted by Gasteiger charge is -2.12. The standard InChI is InChI=1S/C19H18Cl2N4O2/c1-13-9-15(5-6-16(13)21)27-8-2-3-19(26)24-17-10-14(20)4-7-18(17)25-12-22-11-23-25/h4-7,9-12H,2-3,8H2,1H3,(H,24,26). The van der Waals surface area contributed by atoms with Gasteiger partial charge in [0.1, 0.15) is 18.4 Å². The van der Waals surface area contributed by atoms with E-state index in [0.717, 1.165) is 11.3 Å². The molecular formula is C19H18Cl2N4O2. The number of amides is 1. The number of hydrogen-bond donors (Lipinski definition) is 1. The van der Waals surface area contributed by atoms with Crippen LogP contribution in [0.2, 0.25) is 10.0 Å². The molecule has 0 bridgehead atoms. The molecule has 140 valence electrons. The Kier molecular flexibility index (Phi) is 6.32. The van der Waals surface area contributed by atoms with Crippen molar-refractivity contribution in [1.29, 1.82) is 0 Å². The minimum atomic E-state index is -0.130. The molecule has 0 aliphatic heterocycles. The van der Waals surface area contributed by atoms with Gasteiger partial charge in [0.15, 0.2) is 0 Å². The topological polar surface area (TPSA) is 69.0 Å². The van der Waals surface area contributed by atoms with Crippen molar-refractivity contribution in [2.75, 3.05) is 11.9 Å². The second-order valence-corrected chi connectivity index (χ2v) is 6.76. The highest BCUT2D eigenvalue weighted by molar-refractivity contribution is 6.31. The number of ether oxygens (including phenoxy) is 1. The van der Waals surface area contributed by atoms with E-state index in [1.54, 1.807) is 35.3 Å². The molecule has 1 heterocycles. The SMILES string of the molecule is Cc1cc(OCCCC(=O)Nc2cc(Cl)ccc2-n2cncn2)ccc1Cl. The third-order valence-corrected chi connectivity index (χ3v) is 4.50. The minimum absolute atomic E-state index is 0.130. The van der Waals surface area contributed by atoms with Crippen molar-refractivity contribution in [1.82, 2.24) is 14.8 Å². The number of anilines is 1. The molecule has 8 heteroatoms. The van der Waals surface area contributed by atoms with E-state index in [1.807, 2.05) is 19.1 Å². The Bertz CT molecular complexity index is 929. The largest absolute Gasteiger partial charge is 0.494 e. The van der Waals surface area contributed by atoms with Crippen molar-refractivity contribution >= 4 is 34.8 Å². The van der Waals surface area contributed by atoms with Crippen molar-refractivity contribution in [3.63, 3.8) is 0 Å². The van der Waals surface area contributed by atoms with Crippen molar-refractivity contribution in [2.45, 2.75) is 19.8 Å². The van der Waals surface area contributed by atoms with Gasteiger partial charge in [-0.1, -0.05) is 23.2 Å². The van der Waals surface area contributed by atoms with Crippen molar-refractivity contribution in [3.8, 4) is 11.4 Å². The Morgan fingerprint density at radius 1 is 1.22 bits per heavy atom. The third kappa shape index (κ3) is 5.21. The number of nitrogens with zero attached hydrogens (tertiary/aromatic N) is 3. The summed E-state index contributed by atoms with van der Waals surface area (Å²) in [5.74, 6) is 0.607. The summed E-state index contributed by atoms with van der Waals surface area (Å²) in [4.78, 5) is 16.2. The molecule has 1 amide bonds. The van der Waals surface area contributed by atoms with Gasteiger partial charge in [-0.3, -0.25) is 4.79 Å². The van der Waals surface area contributed by atoms with E-state index >= 15 is 0 Å². The highest BCUT2D eigenvalue weighted by atomic mass is 35.5. The van der Waals surface area contributed by atoms with E-state index in [2.05, 4.69) is 15.4 Å². The fourth-order valence-electron chi connectivity index (χ4n) is 2.48. The van der Waals surface area contributed by atoms with Crippen LogP contribution in [0.15, 0.2) is 49.1 Å². The Labute approximate surface area is 167 Å². The molecule has 0 unspecified atom stereocenters. The molecule has 1 aromatic heterocycles. The second kappa shape index (κ2) is 8.88. The van der Waals surface area contributed by atoms with Gasteiger partial charge in [-0.2, -0.15) is 5.10 Å². The van der Waals surface area contributed by atoms with E-state index in [9.17, 15) is 4.79 Å². The quantitative estimate of drug-likeness (QED) is 0.580. The number of halogens is 2. The molecule has 27 heavy (non-hydrogen) atoms. The van der Waals surface area contributed by atoms with Gasteiger partial charge in [0, 0.05) is 16.5 Å². The van der Waals surface area contributed by atoms with E-state index in [-0.39, 0.29) is 5.91 Å². The molecule has 0 atom stereocenters. The van der Waals surface area contributed by atoms with Gasteiger partial charge >= 0.3 is 0 Å². The van der Waals surface area contributed by atoms with Crippen LogP contribution in [0.3, 0.4) is 0 Å². The summed E-state index contributed by atoms with van der Waals surface area (Å²) in [6, 6.07) is 10.7. The Hall–Kier alpha value is -2.57. The fraction of sp³-hybridized carbons (Fsp3) is 0.211. The zero-order valence-corrected chi connectivity index (χ0v) is 16.2. The zero-order valence-electron chi connectivity index (χ0n) is 14.7. The molecule has 3 rings (SSSR count). The molecule has 0 radical (unpaired) electrons. The summed E-state index contributed by atoms with van der Waals surface area (Å²) in [7, 11) is 0. The van der Waals surface area contributed by atoms with Gasteiger partial charge in [-0.25, -0.2) is 9.67 Å². The summed E-state index contributed by atoms with van der Waals surface area (Å²) < 4.78 is 7.23. The van der Waals surface area contributed by atoms with Crippen LogP contribution in [-0.4, -0.2) is 27.3 Å². The van der Waals surface area contributed by atoms with Gasteiger partial charge in [0.05, 0.1) is 18.0 Å². The van der Waals surface area contributed by atoms with E-state index in [0.29, 0.717) is 40.9 Å². The van der Waals surface area contributed by atoms with Gasteiger partial charge < -0.3 is 10.1 Å². The molecule has 0 aliphatic rings. The lowest BCUT2D eigenvalue weighted by atomic mass is 10.2. The van der Waals surface area contributed by atoms with Crippen molar-refractivity contribution in [3.05, 3.63) is 64.7 Å². The molecular weight excluding hydrogens is 387 g/mol. The summed E-state index contributed by atoms with van der Waals surface area (Å²) in [6.45, 7) is 2.35. The number of aromatic nitrogens is 3. The molecule has 0 aliphatic carbocycles. The maximum Gasteiger partial charge on any atom is 0.224 e. The Balaban J connectivity index is 1.54. The first-order valence-corrected chi connectivity index (χ1v) is 9.12. The second-order valence-electron chi connectivity index (χ2n) is 5.91. The van der Waals surface area contributed by atoms with Crippen molar-refractivity contribution < 1.29 is 9.53 Å². The average molecular weight is 405 g/mol. The highest BCUT2D eigenvalue weighted by Crippen LogP contribution is 2.24. The Morgan fingerprint density at radius 3 is 2.81 bits per heavy atom. The number of nitrogens with one attached hydrogen (secondary N) is 1. The van der Waals surface area contributed by atoms with E-state index in [1.165, 1.54) is 6.33 Å². The summed E-state index contributed by atoms with van der Waals surface area (Å²) in [6.07, 6.45) is 3.87. The van der Waals surface area contributed by atoms with Crippen LogP contribution in [0.5, 0.6) is 5.75 Å². The molecule has 0 spiro atoms. The summed E-state index contributed by atoms with van der Waals surface area (Å²) >= 11 is 12.0. The predicted octanol–water partition coefficient (Wildman–Crippen LogP) is 4.68.